The fourth-order valence-corrected chi connectivity index (χ4v) is 2.40. The van der Waals surface area contributed by atoms with Crippen molar-refractivity contribution in [2.24, 2.45) is 5.92 Å². The standard InChI is InChI=1S/C13H16F3NO/c14-13(15,16)11-5-7-17(8-6-11)12-4-2-1-3-10(12)9-18/h1-4,11,18H,5-9H2. The highest BCUT2D eigenvalue weighted by molar-refractivity contribution is 5.53. The van der Waals surface area contributed by atoms with Crippen molar-refractivity contribution in [3.8, 4) is 0 Å². The zero-order valence-electron chi connectivity index (χ0n) is 9.95. The van der Waals surface area contributed by atoms with Gasteiger partial charge in [0.1, 0.15) is 0 Å². The minimum Gasteiger partial charge on any atom is -0.392 e. The summed E-state index contributed by atoms with van der Waals surface area (Å²) in [5, 5.41) is 9.22. The van der Waals surface area contributed by atoms with E-state index in [4.69, 9.17) is 0 Å². The molecular formula is C13H16F3NO. The SMILES string of the molecule is OCc1ccccc1N1CCC(C(F)(F)F)CC1. The largest absolute Gasteiger partial charge is 0.392 e. The molecule has 2 nitrogen and oxygen atoms in total. The Hall–Kier alpha value is -1.23. The molecule has 1 N–H and O–H groups in total. The smallest absolute Gasteiger partial charge is 0.391 e. The second kappa shape index (κ2) is 5.18. The summed E-state index contributed by atoms with van der Waals surface area (Å²) in [7, 11) is 0. The summed E-state index contributed by atoms with van der Waals surface area (Å²) in [5.41, 5.74) is 1.61. The van der Waals surface area contributed by atoms with Gasteiger partial charge in [0.15, 0.2) is 0 Å². The molecule has 1 fully saturated rings. The van der Waals surface area contributed by atoms with Crippen LogP contribution in [0.1, 0.15) is 18.4 Å². The van der Waals surface area contributed by atoms with Gasteiger partial charge in [-0.3, -0.25) is 0 Å². The number of para-hydroxylation sites is 1. The Balaban J connectivity index is 2.06. The lowest BCUT2D eigenvalue weighted by Crippen LogP contribution is -2.39. The summed E-state index contributed by atoms with van der Waals surface area (Å²) in [6, 6.07) is 7.30. The number of halogens is 3. The molecule has 0 unspecified atom stereocenters. The second-order valence-electron chi connectivity index (χ2n) is 4.59. The summed E-state index contributed by atoms with van der Waals surface area (Å²) in [6.07, 6.45) is -3.82. The van der Waals surface area contributed by atoms with Crippen molar-refractivity contribution in [3.63, 3.8) is 0 Å². The van der Waals surface area contributed by atoms with Crippen LogP contribution in [0.2, 0.25) is 0 Å². The predicted molar refractivity (Wildman–Crippen MR) is 63.4 cm³/mol. The van der Waals surface area contributed by atoms with Crippen LogP contribution in [0, 0.1) is 5.92 Å². The fourth-order valence-electron chi connectivity index (χ4n) is 2.40. The van der Waals surface area contributed by atoms with Gasteiger partial charge in [0.05, 0.1) is 12.5 Å². The van der Waals surface area contributed by atoms with E-state index in [0.29, 0.717) is 13.1 Å². The number of alkyl halides is 3. The molecule has 1 aliphatic rings. The Morgan fingerprint density at radius 2 is 1.78 bits per heavy atom. The first-order valence-corrected chi connectivity index (χ1v) is 6.03. The van der Waals surface area contributed by atoms with Crippen LogP contribution in [0.5, 0.6) is 0 Å². The van der Waals surface area contributed by atoms with Crippen molar-refractivity contribution in [3.05, 3.63) is 29.8 Å². The number of piperidine rings is 1. The van der Waals surface area contributed by atoms with Crippen LogP contribution in [0.4, 0.5) is 18.9 Å². The van der Waals surface area contributed by atoms with Crippen LogP contribution in [-0.4, -0.2) is 24.4 Å². The highest BCUT2D eigenvalue weighted by Crippen LogP contribution is 2.35. The van der Waals surface area contributed by atoms with Crippen LogP contribution in [-0.2, 0) is 6.61 Å². The van der Waals surface area contributed by atoms with E-state index in [0.717, 1.165) is 11.3 Å². The van der Waals surface area contributed by atoms with Crippen molar-refractivity contribution in [1.82, 2.24) is 0 Å². The van der Waals surface area contributed by atoms with Gasteiger partial charge in [0, 0.05) is 24.3 Å². The minimum atomic E-state index is -4.08. The Bertz CT molecular complexity index is 397. The van der Waals surface area contributed by atoms with E-state index in [2.05, 4.69) is 0 Å². The highest BCUT2D eigenvalue weighted by Gasteiger charge is 2.41. The summed E-state index contributed by atoms with van der Waals surface area (Å²) in [5.74, 6) is -1.19. The third-order valence-corrected chi connectivity index (χ3v) is 3.46. The lowest BCUT2D eigenvalue weighted by atomic mass is 9.95. The fraction of sp³-hybridized carbons (Fsp3) is 0.538. The summed E-state index contributed by atoms with van der Waals surface area (Å²) < 4.78 is 37.7. The molecular weight excluding hydrogens is 243 g/mol. The molecule has 5 heteroatoms. The maximum Gasteiger partial charge on any atom is 0.391 e. The van der Waals surface area contributed by atoms with Crippen LogP contribution < -0.4 is 4.90 Å². The van der Waals surface area contributed by atoms with Gasteiger partial charge >= 0.3 is 6.18 Å². The molecule has 0 saturated carbocycles. The predicted octanol–water partition coefficient (Wildman–Crippen LogP) is 2.96. The number of aliphatic hydroxyl groups excluding tert-OH is 1. The molecule has 18 heavy (non-hydrogen) atoms. The van der Waals surface area contributed by atoms with E-state index in [9.17, 15) is 18.3 Å². The lowest BCUT2D eigenvalue weighted by Gasteiger charge is -2.35. The van der Waals surface area contributed by atoms with Gasteiger partial charge in [-0.1, -0.05) is 18.2 Å². The highest BCUT2D eigenvalue weighted by atomic mass is 19.4. The zero-order valence-corrected chi connectivity index (χ0v) is 9.95. The van der Waals surface area contributed by atoms with Crippen LogP contribution in [0.3, 0.4) is 0 Å². The topological polar surface area (TPSA) is 23.5 Å². The van der Waals surface area contributed by atoms with Crippen molar-refractivity contribution in [1.29, 1.82) is 0 Å². The summed E-state index contributed by atoms with van der Waals surface area (Å²) >= 11 is 0. The number of benzene rings is 1. The van der Waals surface area contributed by atoms with Gasteiger partial charge in [-0.05, 0) is 18.9 Å². The van der Waals surface area contributed by atoms with Crippen LogP contribution in [0.25, 0.3) is 0 Å². The molecule has 1 aromatic rings. The molecule has 1 aliphatic heterocycles. The number of hydrogen-bond acceptors (Lipinski definition) is 2. The molecule has 0 aliphatic carbocycles. The molecule has 0 radical (unpaired) electrons. The van der Waals surface area contributed by atoms with Crippen molar-refractivity contribution < 1.29 is 18.3 Å². The Morgan fingerprint density at radius 1 is 1.17 bits per heavy atom. The maximum absolute atomic E-state index is 12.6. The van der Waals surface area contributed by atoms with E-state index in [1.165, 1.54) is 0 Å². The van der Waals surface area contributed by atoms with Gasteiger partial charge in [-0.2, -0.15) is 13.2 Å². The number of nitrogens with zero attached hydrogens (tertiary/aromatic N) is 1. The molecule has 1 heterocycles. The average molecular weight is 259 g/mol. The van der Waals surface area contributed by atoms with Gasteiger partial charge in [0.2, 0.25) is 0 Å². The molecule has 0 atom stereocenters. The first-order chi connectivity index (χ1) is 8.52. The van der Waals surface area contributed by atoms with Crippen molar-refractivity contribution in [2.75, 3.05) is 18.0 Å². The Kier molecular flexibility index (Phi) is 3.80. The number of hydrogen-bond donors (Lipinski definition) is 1. The third kappa shape index (κ3) is 2.77. The molecule has 0 spiro atoms. The number of rotatable bonds is 2. The van der Waals surface area contributed by atoms with Gasteiger partial charge in [0.25, 0.3) is 0 Å². The molecule has 1 saturated heterocycles. The summed E-state index contributed by atoms with van der Waals surface area (Å²) in [6.45, 7) is 0.692. The Morgan fingerprint density at radius 3 is 2.33 bits per heavy atom. The van der Waals surface area contributed by atoms with Gasteiger partial charge in [-0.15, -0.1) is 0 Å². The van der Waals surface area contributed by atoms with Crippen LogP contribution >= 0.6 is 0 Å². The van der Waals surface area contributed by atoms with E-state index in [-0.39, 0.29) is 19.4 Å². The molecule has 0 bridgehead atoms. The number of anilines is 1. The van der Waals surface area contributed by atoms with Gasteiger partial charge < -0.3 is 10.0 Å². The van der Waals surface area contributed by atoms with Crippen LogP contribution in [0.15, 0.2) is 24.3 Å². The van der Waals surface area contributed by atoms with E-state index in [1.54, 1.807) is 6.07 Å². The van der Waals surface area contributed by atoms with E-state index >= 15 is 0 Å². The molecule has 100 valence electrons. The average Bonchev–Trinajstić information content (AvgIpc) is 2.38. The third-order valence-electron chi connectivity index (χ3n) is 3.46. The van der Waals surface area contributed by atoms with Gasteiger partial charge in [-0.25, -0.2) is 0 Å². The minimum absolute atomic E-state index is 0.0879. The van der Waals surface area contributed by atoms with Crippen molar-refractivity contribution in [2.45, 2.75) is 25.6 Å². The van der Waals surface area contributed by atoms with E-state index in [1.807, 2.05) is 23.1 Å². The lowest BCUT2D eigenvalue weighted by molar-refractivity contribution is -0.179. The molecule has 1 aromatic carbocycles. The monoisotopic (exact) mass is 259 g/mol. The first kappa shape index (κ1) is 13.2. The van der Waals surface area contributed by atoms with Crippen molar-refractivity contribution >= 4 is 5.69 Å². The second-order valence-corrected chi connectivity index (χ2v) is 4.59. The Labute approximate surface area is 104 Å². The molecule has 0 amide bonds. The quantitative estimate of drug-likeness (QED) is 0.882. The molecule has 0 aromatic heterocycles. The molecule has 2 rings (SSSR count). The normalized spacial score (nSPS) is 18.1. The summed E-state index contributed by atoms with van der Waals surface area (Å²) in [4.78, 5) is 1.92. The first-order valence-electron chi connectivity index (χ1n) is 6.03. The zero-order chi connectivity index (χ0) is 13.2. The maximum atomic E-state index is 12.6. The van der Waals surface area contributed by atoms with E-state index < -0.39 is 12.1 Å². The number of aliphatic hydroxyl groups is 1.